The van der Waals surface area contributed by atoms with Crippen LogP contribution in [0, 0.1) is 23.3 Å². The summed E-state index contributed by atoms with van der Waals surface area (Å²) in [5, 5.41) is 18.9. The lowest BCUT2D eigenvalue weighted by molar-refractivity contribution is 0.0685. The monoisotopic (exact) mass is 1290 g/mol. The Morgan fingerprint density at radius 2 is 1.06 bits per heavy atom. The number of aromatic nitrogens is 2. The molecule has 2 aliphatic heterocycles. The number of halogens is 4. The number of anilines is 2. The van der Waals surface area contributed by atoms with Crippen molar-refractivity contribution in [1.29, 1.82) is 3.84 Å². The molecule has 0 saturated carbocycles. The van der Waals surface area contributed by atoms with Crippen LogP contribution in [0.15, 0.2) is 142 Å². The molecule has 2 aliphatic rings. The first-order valence-electron chi connectivity index (χ1n) is 28.7. The highest BCUT2D eigenvalue weighted by Crippen LogP contribution is 2.43. The van der Waals surface area contributed by atoms with Gasteiger partial charge in [0.2, 0.25) is 20.0 Å². The van der Waals surface area contributed by atoms with Crippen LogP contribution < -0.4 is 24.6 Å². The smallest absolute Gasteiger partial charge is 0.352 e. The lowest BCUT2D eigenvalue weighted by atomic mass is 9.98. The zero-order chi connectivity index (χ0) is 67.7. The Kier molecular flexibility index (Phi) is 17.2. The van der Waals surface area contributed by atoms with E-state index in [1.54, 1.807) is 72.1 Å². The van der Waals surface area contributed by atoms with E-state index in [9.17, 15) is 53.6 Å². The molecular formula is C64H61F4N8O11PS2. The first-order valence-corrected chi connectivity index (χ1v) is 31.0. The standard InChI is InChI=1S/C32H28F2N4O5S.C22H22FN3O4S.C10H8FNO2.H3P/c1-35-31(39)29-23-14-21(19-12-13-38(17-19)32(40)27-15-22-24(34)6-5-7-25(22)36(27)2)26(37(3)44(4,41)42)16-28(23)43-30(29)18-8-10-20(33)11-9-18;1-24-22(27)20-17-10-16(14-8-9-25-12-14)18(26(2)31(3,28)29)11-19(17)30-21(20)13-4-6-15(23)7-5-13;1-12-8-4-2-3-7(11)6(8)5-9(12)10(13)14;/h5-12,14-16H,13,17H2,1-4H3,(H,35,39);4-8,10-11,25H,9,12H2,1-3H3,(H,24,27);2-5H,1H3,(H,13,14);1H3/i;;;1T3. The first kappa shape index (κ1) is 60.7. The molecule has 468 valence electrons. The highest BCUT2D eigenvalue weighted by molar-refractivity contribution is 7.92. The molecule has 10 aromatic rings. The van der Waals surface area contributed by atoms with Gasteiger partial charge in [-0.1, -0.05) is 24.3 Å². The fourth-order valence-corrected chi connectivity index (χ4v) is 11.8. The molecule has 26 heteroatoms. The zero-order valence-electron chi connectivity index (χ0n) is 52.6. The van der Waals surface area contributed by atoms with Crippen molar-refractivity contribution in [3.05, 3.63) is 190 Å². The maximum Gasteiger partial charge on any atom is 0.352 e. The van der Waals surface area contributed by atoms with Crippen LogP contribution in [0.25, 0.3) is 77.5 Å². The molecule has 0 bridgehead atoms. The quantitative estimate of drug-likeness (QED) is 0.0660. The van der Waals surface area contributed by atoms with E-state index in [1.807, 2.05) is 12.2 Å². The number of carbonyl (C=O) groups excluding carboxylic acids is 3. The van der Waals surface area contributed by atoms with Crippen molar-refractivity contribution in [1.82, 2.24) is 30.0 Å². The van der Waals surface area contributed by atoms with Crippen LogP contribution in [0.4, 0.5) is 28.9 Å². The fraction of sp³-hybridized carbons (Fsp3) is 0.188. The van der Waals surface area contributed by atoms with Crippen molar-refractivity contribution in [2.75, 3.05) is 75.5 Å². The third-order valence-electron chi connectivity index (χ3n) is 15.6. The van der Waals surface area contributed by atoms with Gasteiger partial charge in [0, 0.05) is 124 Å². The second-order valence-electron chi connectivity index (χ2n) is 21.1. The van der Waals surface area contributed by atoms with E-state index in [0.29, 0.717) is 96.0 Å². The number of carboxylic acid groups (broad SMARTS) is 1. The van der Waals surface area contributed by atoms with Gasteiger partial charge in [0.1, 0.15) is 57.3 Å². The lowest BCUT2D eigenvalue weighted by Crippen LogP contribution is -2.30. The minimum absolute atomic E-state index is 0.0881. The van der Waals surface area contributed by atoms with E-state index in [0.717, 1.165) is 22.4 Å². The zero-order valence-corrected chi connectivity index (χ0v) is 52.1. The van der Waals surface area contributed by atoms with Crippen LogP contribution >= 0.6 is 9.73 Å². The average molecular weight is 1300 g/mol. The highest BCUT2D eigenvalue weighted by atomic mass is 32.2. The SMILES string of the molecule is CNC(=O)c1c(-c2ccc(F)cc2)oc2cc(N(C)S(C)(=O)=O)c(C3=CCN(C(=O)c4cc5c(F)cccc5n4C)C3)cc12.CNC(=O)c1c(-c2ccc(F)cc2)oc2cc(N(C)S(C)(=O)=O)c(C3=CCNC3)cc12.Cn1c(C(=O)O)cc2c(F)cccc21.[3H]P([3H])[3H]. The van der Waals surface area contributed by atoms with Crippen LogP contribution in [-0.2, 0) is 34.1 Å². The molecule has 90 heavy (non-hydrogen) atoms. The Balaban J connectivity index is 0.000000179. The molecule has 0 radical (unpaired) electrons. The number of carbonyl (C=O) groups is 4. The number of aromatic carboxylic acids is 1. The largest absolute Gasteiger partial charge is 0.477 e. The minimum atomic E-state index is -3.73. The summed E-state index contributed by atoms with van der Waals surface area (Å²) in [6.07, 6.45) is 6.01. The normalized spacial score (nSPS) is 13.5. The number of rotatable bonds is 12. The van der Waals surface area contributed by atoms with Crippen LogP contribution in [0.3, 0.4) is 0 Å². The number of sulfonamides is 2. The Morgan fingerprint density at radius 1 is 0.622 bits per heavy atom. The number of nitrogens with one attached hydrogen (secondary N) is 3. The van der Waals surface area contributed by atoms with Gasteiger partial charge in [-0.05, 0) is 108 Å². The van der Waals surface area contributed by atoms with E-state index in [2.05, 4.69) is 16.0 Å². The summed E-state index contributed by atoms with van der Waals surface area (Å²) >= 11 is 0. The summed E-state index contributed by atoms with van der Waals surface area (Å²) in [7, 11) is 0.0483. The van der Waals surface area contributed by atoms with E-state index in [-0.39, 0.29) is 59.0 Å². The number of benzene rings is 6. The number of nitrogens with zero attached hydrogens (tertiary/aromatic N) is 5. The van der Waals surface area contributed by atoms with Gasteiger partial charge in [-0.2, -0.15) is 9.73 Å². The number of fused-ring (bicyclic) bond motifs is 4. The van der Waals surface area contributed by atoms with Gasteiger partial charge in [0.25, 0.3) is 17.7 Å². The van der Waals surface area contributed by atoms with Crippen LogP contribution in [0.2, 0.25) is 0 Å². The lowest BCUT2D eigenvalue weighted by Gasteiger charge is -2.22. The van der Waals surface area contributed by atoms with Crippen molar-refractivity contribution < 1.29 is 67.5 Å². The molecule has 0 unspecified atom stereocenters. The second-order valence-corrected chi connectivity index (χ2v) is 25.1. The molecule has 12 rings (SSSR count). The van der Waals surface area contributed by atoms with Crippen molar-refractivity contribution in [3.8, 4) is 22.6 Å². The summed E-state index contributed by atoms with van der Waals surface area (Å²) < 4.78 is 140. The van der Waals surface area contributed by atoms with Gasteiger partial charge in [0.05, 0.1) is 49.9 Å². The Morgan fingerprint density at radius 3 is 1.46 bits per heavy atom. The molecule has 6 aromatic carbocycles. The van der Waals surface area contributed by atoms with E-state index in [4.69, 9.17) is 17.8 Å². The number of carboxylic acids is 1. The van der Waals surface area contributed by atoms with Crippen molar-refractivity contribution in [3.63, 3.8) is 0 Å². The fourth-order valence-electron chi connectivity index (χ4n) is 10.8. The van der Waals surface area contributed by atoms with Gasteiger partial charge in [-0.25, -0.2) is 39.2 Å². The van der Waals surface area contributed by atoms with Gasteiger partial charge in [-0.3, -0.25) is 23.0 Å². The number of hydrogen-bond acceptors (Lipinski definition) is 11. The molecule has 4 N–H and O–H groups in total. The van der Waals surface area contributed by atoms with E-state index in [1.165, 1.54) is 110 Å². The third kappa shape index (κ3) is 12.4. The van der Waals surface area contributed by atoms with Crippen LogP contribution in [0.5, 0.6) is 0 Å². The molecule has 0 spiro atoms. The maximum absolute atomic E-state index is 14.4. The average Bonchev–Trinajstić information content (AvgIpc) is 1.65. The van der Waals surface area contributed by atoms with Gasteiger partial charge >= 0.3 is 5.97 Å². The van der Waals surface area contributed by atoms with Gasteiger partial charge < -0.3 is 43.9 Å². The summed E-state index contributed by atoms with van der Waals surface area (Å²) in [6, 6.07) is 29.9. The summed E-state index contributed by atoms with van der Waals surface area (Å²) in [5.74, 6) is -3.36. The maximum atomic E-state index is 14.4. The molecule has 0 aliphatic carbocycles. The van der Waals surface area contributed by atoms with Crippen LogP contribution in [0.1, 0.15) is 52.8 Å². The predicted octanol–water partition coefficient (Wildman–Crippen LogP) is 10.2. The van der Waals surface area contributed by atoms with E-state index < -0.39 is 64.9 Å². The highest BCUT2D eigenvalue weighted by Gasteiger charge is 2.32. The van der Waals surface area contributed by atoms with Crippen molar-refractivity contribution in [2.45, 2.75) is 0 Å². The molecular weight excluding hydrogens is 1230 g/mol. The van der Waals surface area contributed by atoms with Crippen molar-refractivity contribution >= 4 is 120 Å². The number of furan rings is 2. The van der Waals surface area contributed by atoms with Crippen LogP contribution in [-0.4, -0.2) is 130 Å². The van der Waals surface area contributed by atoms with Crippen molar-refractivity contribution in [2.24, 2.45) is 14.1 Å². The first-order chi connectivity index (χ1) is 43.9. The molecule has 6 heterocycles. The van der Waals surface area contributed by atoms with Gasteiger partial charge in [0.15, 0.2) is 0 Å². The summed E-state index contributed by atoms with van der Waals surface area (Å²) in [5.41, 5.74) is 7.20. The summed E-state index contributed by atoms with van der Waals surface area (Å²) in [6.45, 7) is 1.61. The predicted molar refractivity (Wildman–Crippen MR) is 345 cm³/mol. The molecule has 0 atom stereocenters. The topological polar surface area (TPSA) is 239 Å². The Bertz CT molecular complexity index is 4920. The Labute approximate surface area is 521 Å². The molecule has 0 saturated heterocycles. The molecule has 4 aromatic heterocycles. The number of hydrogen-bond donors (Lipinski definition) is 4. The Hall–Kier alpha value is -9.55. The molecule has 3 amide bonds. The second kappa shape index (κ2) is 25.5. The number of amides is 3. The summed E-state index contributed by atoms with van der Waals surface area (Å²) in [4.78, 5) is 51.9. The molecule has 19 nitrogen and oxygen atoms in total. The van der Waals surface area contributed by atoms with Gasteiger partial charge in [-0.15, -0.1) is 0 Å². The minimum Gasteiger partial charge on any atom is -0.477 e. The third-order valence-corrected chi connectivity index (χ3v) is 18.0. The van der Waals surface area contributed by atoms with E-state index >= 15 is 0 Å². The molecule has 0 fully saturated rings. The number of aryl methyl sites for hydroxylation is 2.